The van der Waals surface area contributed by atoms with Gasteiger partial charge in [-0.3, -0.25) is 4.79 Å². The lowest BCUT2D eigenvalue weighted by Crippen LogP contribution is -2.37. The lowest BCUT2D eigenvalue weighted by Gasteiger charge is -2.15. The predicted octanol–water partition coefficient (Wildman–Crippen LogP) is -0.565. The van der Waals surface area contributed by atoms with Crippen LogP contribution in [0.1, 0.15) is 13.8 Å². The third kappa shape index (κ3) is 5.09. The van der Waals surface area contributed by atoms with Crippen LogP contribution in [0, 0.1) is 0 Å². The molecule has 0 bridgehead atoms. The zero-order valence-electron chi connectivity index (χ0n) is 8.00. The Labute approximate surface area is 73.6 Å². The van der Waals surface area contributed by atoms with Gasteiger partial charge in [-0.1, -0.05) is 0 Å². The number of hydrogen-bond donors (Lipinski definition) is 2. The molecule has 4 heteroatoms. The van der Waals surface area contributed by atoms with Gasteiger partial charge in [-0.05, 0) is 13.8 Å². The highest BCUT2D eigenvalue weighted by molar-refractivity contribution is 5.77. The highest BCUT2D eigenvalue weighted by atomic mass is 16.3. The van der Waals surface area contributed by atoms with Gasteiger partial charge in [0.2, 0.25) is 5.91 Å². The second-order valence-corrected chi connectivity index (χ2v) is 2.89. The molecule has 2 N–H and O–H groups in total. The van der Waals surface area contributed by atoms with E-state index in [-0.39, 0.29) is 5.91 Å². The molecule has 0 aromatic heterocycles. The van der Waals surface area contributed by atoms with Gasteiger partial charge in [0.05, 0.1) is 12.6 Å². The molecule has 0 aromatic rings. The van der Waals surface area contributed by atoms with Crippen molar-refractivity contribution in [3.05, 3.63) is 0 Å². The van der Waals surface area contributed by atoms with Crippen molar-refractivity contribution in [2.75, 3.05) is 26.7 Å². The first kappa shape index (κ1) is 11.4. The molecule has 1 atom stereocenters. The molecule has 4 nitrogen and oxygen atoms in total. The lowest BCUT2D eigenvalue weighted by molar-refractivity contribution is -0.128. The first-order chi connectivity index (χ1) is 5.57. The molecule has 1 amide bonds. The number of likely N-dealkylation sites (N-methyl/N-ethyl adjacent to an activating group) is 1. The van der Waals surface area contributed by atoms with Crippen LogP contribution in [0.3, 0.4) is 0 Å². The number of aliphatic hydroxyl groups excluding tert-OH is 1. The summed E-state index contributed by atoms with van der Waals surface area (Å²) in [6.07, 6.45) is -0.398. The average molecular weight is 174 g/mol. The summed E-state index contributed by atoms with van der Waals surface area (Å²) >= 11 is 0. The first-order valence-electron chi connectivity index (χ1n) is 4.20. The molecular formula is C8H18N2O2. The smallest absolute Gasteiger partial charge is 0.236 e. The lowest BCUT2D eigenvalue weighted by atomic mass is 10.4. The highest BCUT2D eigenvalue weighted by Crippen LogP contribution is 1.82. The Hall–Kier alpha value is -0.610. The van der Waals surface area contributed by atoms with Crippen LogP contribution in [-0.2, 0) is 4.79 Å². The number of amides is 1. The molecule has 0 rings (SSSR count). The van der Waals surface area contributed by atoms with Crippen LogP contribution in [-0.4, -0.2) is 48.7 Å². The van der Waals surface area contributed by atoms with Gasteiger partial charge >= 0.3 is 0 Å². The minimum atomic E-state index is -0.398. The number of carbonyl (C=O) groups is 1. The number of hydrogen-bond acceptors (Lipinski definition) is 3. The molecule has 0 aliphatic rings. The van der Waals surface area contributed by atoms with Gasteiger partial charge in [0, 0.05) is 20.1 Å². The van der Waals surface area contributed by atoms with Crippen molar-refractivity contribution in [3.63, 3.8) is 0 Å². The minimum absolute atomic E-state index is 0.0538. The van der Waals surface area contributed by atoms with Crippen molar-refractivity contribution >= 4 is 5.91 Å². The summed E-state index contributed by atoms with van der Waals surface area (Å²) in [5.74, 6) is 0.0538. The van der Waals surface area contributed by atoms with Crippen molar-refractivity contribution in [1.29, 1.82) is 0 Å². The molecule has 0 spiro atoms. The molecule has 0 saturated carbocycles. The Morgan fingerprint density at radius 2 is 2.25 bits per heavy atom. The fraction of sp³-hybridized carbons (Fsp3) is 0.875. The van der Waals surface area contributed by atoms with Gasteiger partial charge in [-0.25, -0.2) is 0 Å². The SMILES string of the molecule is CCN(C)C(=O)CNC[C@@H](C)O. The van der Waals surface area contributed by atoms with E-state index in [2.05, 4.69) is 5.32 Å². The predicted molar refractivity (Wildman–Crippen MR) is 47.9 cm³/mol. The Kier molecular flexibility index (Phi) is 5.66. The van der Waals surface area contributed by atoms with Crippen molar-refractivity contribution in [1.82, 2.24) is 10.2 Å². The van der Waals surface area contributed by atoms with Crippen LogP contribution < -0.4 is 5.32 Å². The maximum atomic E-state index is 11.1. The van der Waals surface area contributed by atoms with Crippen LogP contribution in [0.4, 0.5) is 0 Å². The summed E-state index contributed by atoms with van der Waals surface area (Å²) in [6.45, 7) is 5.08. The van der Waals surface area contributed by atoms with Crippen LogP contribution >= 0.6 is 0 Å². The van der Waals surface area contributed by atoms with Gasteiger partial charge in [0.25, 0.3) is 0 Å². The van der Waals surface area contributed by atoms with Crippen LogP contribution in [0.25, 0.3) is 0 Å². The fourth-order valence-electron chi connectivity index (χ4n) is 0.699. The normalized spacial score (nSPS) is 12.7. The van der Waals surface area contributed by atoms with E-state index in [4.69, 9.17) is 5.11 Å². The fourth-order valence-corrected chi connectivity index (χ4v) is 0.699. The Morgan fingerprint density at radius 1 is 1.67 bits per heavy atom. The molecule has 72 valence electrons. The second kappa shape index (κ2) is 5.97. The first-order valence-corrected chi connectivity index (χ1v) is 4.20. The molecule has 0 heterocycles. The van der Waals surface area contributed by atoms with E-state index >= 15 is 0 Å². The van der Waals surface area contributed by atoms with Crippen molar-refractivity contribution in [2.45, 2.75) is 20.0 Å². The van der Waals surface area contributed by atoms with Gasteiger partial charge < -0.3 is 15.3 Å². The van der Waals surface area contributed by atoms with Gasteiger partial charge in [0.1, 0.15) is 0 Å². The zero-order valence-corrected chi connectivity index (χ0v) is 8.00. The molecule has 0 aliphatic carbocycles. The van der Waals surface area contributed by atoms with Crippen LogP contribution in [0.2, 0.25) is 0 Å². The van der Waals surface area contributed by atoms with E-state index in [1.54, 1.807) is 18.9 Å². The number of aliphatic hydroxyl groups is 1. The maximum absolute atomic E-state index is 11.1. The third-order valence-corrected chi connectivity index (χ3v) is 1.62. The number of carbonyl (C=O) groups excluding carboxylic acids is 1. The Morgan fingerprint density at radius 3 is 2.67 bits per heavy atom. The van der Waals surface area contributed by atoms with E-state index < -0.39 is 6.10 Å². The minimum Gasteiger partial charge on any atom is -0.392 e. The monoisotopic (exact) mass is 174 g/mol. The summed E-state index contributed by atoms with van der Waals surface area (Å²) in [7, 11) is 1.76. The molecular weight excluding hydrogens is 156 g/mol. The van der Waals surface area contributed by atoms with Gasteiger partial charge in [-0.2, -0.15) is 0 Å². The maximum Gasteiger partial charge on any atom is 0.236 e. The van der Waals surface area contributed by atoms with Gasteiger partial charge in [-0.15, -0.1) is 0 Å². The van der Waals surface area contributed by atoms with Crippen molar-refractivity contribution in [3.8, 4) is 0 Å². The number of nitrogens with zero attached hydrogens (tertiary/aromatic N) is 1. The quantitative estimate of drug-likeness (QED) is 0.587. The van der Waals surface area contributed by atoms with E-state index in [1.807, 2.05) is 6.92 Å². The summed E-state index contributed by atoms with van der Waals surface area (Å²) < 4.78 is 0. The number of nitrogens with one attached hydrogen (secondary N) is 1. The second-order valence-electron chi connectivity index (χ2n) is 2.89. The van der Waals surface area contributed by atoms with E-state index in [0.29, 0.717) is 13.1 Å². The third-order valence-electron chi connectivity index (χ3n) is 1.62. The summed E-state index contributed by atoms with van der Waals surface area (Å²) in [5.41, 5.74) is 0. The highest BCUT2D eigenvalue weighted by Gasteiger charge is 2.05. The Balaban J connectivity index is 3.44. The molecule has 0 unspecified atom stereocenters. The van der Waals surface area contributed by atoms with E-state index in [1.165, 1.54) is 0 Å². The topological polar surface area (TPSA) is 52.6 Å². The summed E-state index contributed by atoms with van der Waals surface area (Å²) in [6, 6.07) is 0. The summed E-state index contributed by atoms with van der Waals surface area (Å²) in [4.78, 5) is 12.8. The van der Waals surface area contributed by atoms with E-state index in [0.717, 1.165) is 6.54 Å². The molecule has 0 aliphatic heterocycles. The molecule has 12 heavy (non-hydrogen) atoms. The summed E-state index contributed by atoms with van der Waals surface area (Å²) in [5, 5.41) is 11.7. The van der Waals surface area contributed by atoms with E-state index in [9.17, 15) is 4.79 Å². The molecule has 0 saturated heterocycles. The van der Waals surface area contributed by atoms with Crippen molar-refractivity contribution in [2.24, 2.45) is 0 Å². The van der Waals surface area contributed by atoms with Crippen molar-refractivity contribution < 1.29 is 9.90 Å². The Bertz CT molecular complexity index is 137. The molecule has 0 fully saturated rings. The average Bonchev–Trinajstić information content (AvgIpc) is 2.02. The van der Waals surface area contributed by atoms with Gasteiger partial charge in [0.15, 0.2) is 0 Å². The number of rotatable bonds is 5. The molecule has 0 aromatic carbocycles. The zero-order chi connectivity index (χ0) is 9.56. The largest absolute Gasteiger partial charge is 0.392 e. The molecule has 0 radical (unpaired) electrons. The standard InChI is InChI=1S/C8H18N2O2/c1-4-10(3)8(12)6-9-5-7(2)11/h7,9,11H,4-6H2,1-3H3/t7-/m1/s1. The van der Waals surface area contributed by atoms with Crippen LogP contribution in [0.15, 0.2) is 0 Å². The van der Waals surface area contributed by atoms with Crippen LogP contribution in [0.5, 0.6) is 0 Å².